The Morgan fingerprint density at radius 2 is 1.94 bits per heavy atom. The van der Waals surface area contributed by atoms with Gasteiger partial charge in [0, 0.05) is 23.3 Å². The summed E-state index contributed by atoms with van der Waals surface area (Å²) in [6, 6.07) is 3.38. The van der Waals surface area contributed by atoms with E-state index in [0.29, 0.717) is 24.4 Å². The fraction of sp³-hybridized carbons (Fsp3) is 0.381. The number of anilines is 2. The van der Waals surface area contributed by atoms with Crippen LogP contribution in [0, 0.1) is 11.7 Å². The lowest BCUT2D eigenvalue weighted by Crippen LogP contribution is -2.27. The smallest absolute Gasteiger partial charge is 0.238 e. The molecule has 2 aliphatic rings. The number of halogens is 1. The maximum Gasteiger partial charge on any atom is 0.238 e. The van der Waals surface area contributed by atoms with Gasteiger partial charge in [-0.05, 0) is 78.7 Å². The molecule has 32 heavy (non-hydrogen) atoms. The largest absolute Gasteiger partial charge is 0.477 e. The summed E-state index contributed by atoms with van der Waals surface area (Å²) in [5, 5.41) is 9.88. The van der Waals surface area contributed by atoms with Crippen molar-refractivity contribution in [3.05, 3.63) is 52.9 Å². The molecule has 0 atom stereocenters. The Kier molecular flexibility index (Phi) is 5.56. The number of sulfonamides is 1. The number of benzene rings is 1. The Labute approximate surface area is 189 Å². The number of aromatic nitrogens is 3. The Bertz CT molecular complexity index is 1220. The molecule has 0 aliphatic heterocycles. The summed E-state index contributed by atoms with van der Waals surface area (Å²) >= 11 is 1.46. The van der Waals surface area contributed by atoms with Crippen LogP contribution >= 0.6 is 11.5 Å². The first-order valence-electron chi connectivity index (χ1n) is 10.3. The molecule has 0 saturated heterocycles. The first kappa shape index (κ1) is 21.2. The highest BCUT2D eigenvalue weighted by atomic mass is 32.2. The van der Waals surface area contributed by atoms with Crippen LogP contribution in [0.2, 0.25) is 0 Å². The lowest BCUT2D eigenvalue weighted by atomic mass is 9.72. The molecule has 0 radical (unpaired) electrons. The molecule has 0 amide bonds. The lowest BCUT2D eigenvalue weighted by molar-refractivity contribution is 0.153. The van der Waals surface area contributed by atoms with Gasteiger partial charge < -0.3 is 10.1 Å². The second-order valence-corrected chi connectivity index (χ2v) is 10.5. The van der Waals surface area contributed by atoms with Gasteiger partial charge in [0.25, 0.3) is 0 Å². The molecule has 3 N–H and O–H groups in total. The summed E-state index contributed by atoms with van der Waals surface area (Å²) in [5.41, 5.74) is 2.36. The summed E-state index contributed by atoms with van der Waals surface area (Å²) in [4.78, 5) is 8.24. The van der Waals surface area contributed by atoms with E-state index in [4.69, 9.17) is 9.88 Å². The van der Waals surface area contributed by atoms with Gasteiger partial charge in [-0.15, -0.1) is 0 Å². The van der Waals surface area contributed by atoms with Gasteiger partial charge in [0.2, 0.25) is 21.9 Å². The van der Waals surface area contributed by atoms with Gasteiger partial charge in [-0.2, -0.15) is 4.37 Å². The maximum atomic E-state index is 14.2. The zero-order chi connectivity index (χ0) is 22.3. The van der Waals surface area contributed by atoms with Gasteiger partial charge in [0.05, 0.1) is 17.2 Å². The Morgan fingerprint density at radius 1 is 1.19 bits per heavy atom. The number of nitrogens with two attached hydrogens (primary N) is 1. The van der Waals surface area contributed by atoms with Crippen molar-refractivity contribution in [1.29, 1.82) is 0 Å². The van der Waals surface area contributed by atoms with E-state index in [0.717, 1.165) is 30.4 Å². The number of nitrogens with zero attached hydrogens (tertiary/aromatic N) is 3. The van der Waals surface area contributed by atoms with Crippen LogP contribution in [0.3, 0.4) is 0 Å². The molecule has 11 heteroatoms. The fourth-order valence-corrected chi connectivity index (χ4v) is 5.10. The van der Waals surface area contributed by atoms with E-state index in [9.17, 15) is 12.8 Å². The van der Waals surface area contributed by atoms with Crippen LogP contribution in [-0.2, 0) is 10.0 Å². The van der Waals surface area contributed by atoms with Gasteiger partial charge in [0.1, 0.15) is 5.82 Å². The SMILES string of the molecule is NS(=O)(=O)c1ccc(Nc2ncc(C3CC(COc4nscc4C4CC4)C3)cn2)c(F)c1. The third-order valence-electron chi connectivity index (χ3n) is 5.93. The van der Waals surface area contributed by atoms with Crippen molar-refractivity contribution in [3.63, 3.8) is 0 Å². The van der Waals surface area contributed by atoms with Crippen molar-refractivity contribution in [3.8, 4) is 5.88 Å². The third-order valence-corrected chi connectivity index (χ3v) is 7.47. The predicted molar refractivity (Wildman–Crippen MR) is 118 cm³/mol. The maximum absolute atomic E-state index is 14.2. The van der Waals surface area contributed by atoms with E-state index in [1.807, 2.05) is 0 Å². The number of hydrogen-bond donors (Lipinski definition) is 2. The molecule has 5 rings (SSSR count). The number of hydrogen-bond acceptors (Lipinski definition) is 8. The number of nitrogens with one attached hydrogen (secondary N) is 1. The monoisotopic (exact) mass is 475 g/mol. The summed E-state index contributed by atoms with van der Waals surface area (Å²) in [6.07, 6.45) is 7.95. The standard InChI is InChI=1S/C21H22FN5O3S2/c22-18-7-16(32(23,28)29)3-4-19(18)26-21-24-8-15(9-25-21)14-5-12(6-14)10-30-20-17(11-31-27-20)13-1-2-13/h3-4,7-9,11-14H,1-2,5-6,10H2,(H2,23,28,29)(H,24,25,26). The molecule has 3 aromatic rings. The Morgan fingerprint density at radius 3 is 2.59 bits per heavy atom. The quantitative estimate of drug-likeness (QED) is 0.507. The highest BCUT2D eigenvalue weighted by Crippen LogP contribution is 2.46. The molecule has 2 aliphatic carbocycles. The van der Waals surface area contributed by atoms with Crippen molar-refractivity contribution < 1.29 is 17.5 Å². The zero-order valence-corrected chi connectivity index (χ0v) is 18.7. The molecule has 2 heterocycles. The van der Waals surface area contributed by atoms with Crippen molar-refractivity contribution in [2.75, 3.05) is 11.9 Å². The second-order valence-electron chi connectivity index (χ2n) is 8.35. The summed E-state index contributed by atoms with van der Waals surface area (Å²) in [6.45, 7) is 0.675. The zero-order valence-electron chi connectivity index (χ0n) is 17.1. The molecule has 0 unspecified atom stereocenters. The Balaban J connectivity index is 1.13. The van der Waals surface area contributed by atoms with E-state index in [2.05, 4.69) is 25.0 Å². The average molecular weight is 476 g/mol. The van der Waals surface area contributed by atoms with E-state index in [1.165, 1.54) is 42.1 Å². The summed E-state index contributed by atoms with van der Waals surface area (Å²) in [7, 11) is -3.96. The van der Waals surface area contributed by atoms with Crippen LogP contribution < -0.4 is 15.2 Å². The van der Waals surface area contributed by atoms with Crippen LogP contribution in [0.4, 0.5) is 16.0 Å². The van der Waals surface area contributed by atoms with Gasteiger partial charge >= 0.3 is 0 Å². The highest BCUT2D eigenvalue weighted by molar-refractivity contribution is 7.89. The average Bonchev–Trinajstić information content (AvgIpc) is 3.46. The van der Waals surface area contributed by atoms with E-state index in [1.54, 1.807) is 12.4 Å². The first-order valence-corrected chi connectivity index (χ1v) is 12.7. The van der Waals surface area contributed by atoms with E-state index < -0.39 is 15.8 Å². The van der Waals surface area contributed by atoms with Crippen molar-refractivity contribution >= 4 is 33.2 Å². The fourth-order valence-electron chi connectivity index (χ4n) is 3.86. The first-order chi connectivity index (χ1) is 15.4. The third kappa shape index (κ3) is 4.59. The Hall–Kier alpha value is -2.63. The number of ether oxygens (including phenoxy) is 1. The molecular weight excluding hydrogens is 453 g/mol. The molecule has 2 aromatic heterocycles. The van der Waals surface area contributed by atoms with Gasteiger partial charge in [0.15, 0.2) is 0 Å². The van der Waals surface area contributed by atoms with E-state index >= 15 is 0 Å². The topological polar surface area (TPSA) is 120 Å². The van der Waals surface area contributed by atoms with Crippen molar-refractivity contribution in [1.82, 2.24) is 14.3 Å². The molecule has 1 aromatic carbocycles. The molecule has 0 bridgehead atoms. The molecule has 2 saturated carbocycles. The minimum absolute atomic E-state index is 0.0682. The van der Waals surface area contributed by atoms with Crippen LogP contribution in [0.25, 0.3) is 0 Å². The van der Waals surface area contributed by atoms with Crippen LogP contribution in [0.5, 0.6) is 5.88 Å². The van der Waals surface area contributed by atoms with Crippen molar-refractivity contribution in [2.24, 2.45) is 11.1 Å². The number of primary sulfonamides is 1. The van der Waals surface area contributed by atoms with Crippen LogP contribution in [-0.4, -0.2) is 29.4 Å². The lowest BCUT2D eigenvalue weighted by Gasteiger charge is -2.34. The minimum atomic E-state index is -3.96. The van der Waals surface area contributed by atoms with Crippen molar-refractivity contribution in [2.45, 2.75) is 42.4 Å². The number of rotatable bonds is 8. The van der Waals surface area contributed by atoms with Gasteiger partial charge in [-0.25, -0.2) is 27.9 Å². The minimum Gasteiger partial charge on any atom is -0.477 e. The molecule has 8 nitrogen and oxygen atoms in total. The predicted octanol–water partition coefficient (Wildman–Crippen LogP) is 3.91. The van der Waals surface area contributed by atoms with Crippen LogP contribution in [0.15, 0.2) is 40.9 Å². The molecule has 168 valence electrons. The van der Waals surface area contributed by atoms with E-state index in [-0.39, 0.29) is 16.5 Å². The summed E-state index contributed by atoms with van der Waals surface area (Å²) < 4.78 is 47.2. The normalized spacial score (nSPS) is 20.6. The highest BCUT2D eigenvalue weighted by Gasteiger charge is 2.33. The molecule has 2 fully saturated rings. The van der Waals surface area contributed by atoms with Gasteiger partial charge in [-0.1, -0.05) is 0 Å². The molecular formula is C21H22FN5O3S2. The van der Waals surface area contributed by atoms with Crippen LogP contribution in [0.1, 0.15) is 48.6 Å². The molecule has 0 spiro atoms. The second kappa shape index (κ2) is 8.38. The summed E-state index contributed by atoms with van der Waals surface area (Å²) in [5.74, 6) is 1.79. The van der Waals surface area contributed by atoms with Gasteiger partial charge in [-0.3, -0.25) is 0 Å².